The van der Waals surface area contributed by atoms with Gasteiger partial charge in [0.25, 0.3) is 5.91 Å². The smallest absolute Gasteiger partial charge is 0.281 e. The highest BCUT2D eigenvalue weighted by Crippen LogP contribution is 2.29. The van der Waals surface area contributed by atoms with Gasteiger partial charge in [-0.3, -0.25) is 9.69 Å². The summed E-state index contributed by atoms with van der Waals surface area (Å²) in [7, 11) is 1.82. The topological polar surface area (TPSA) is 32.8 Å². The van der Waals surface area contributed by atoms with E-state index >= 15 is 0 Å². The second-order valence-corrected chi connectivity index (χ2v) is 6.96. The Morgan fingerprint density at radius 2 is 1.77 bits per heavy atom. The first-order chi connectivity index (χ1) is 12.5. The molecule has 0 bridgehead atoms. The normalized spacial score (nSPS) is 15.9. The van der Waals surface area contributed by atoms with E-state index in [-0.39, 0.29) is 5.91 Å². The third kappa shape index (κ3) is 3.61. The molecule has 4 nitrogen and oxygen atoms in total. The summed E-state index contributed by atoms with van der Waals surface area (Å²) in [5.41, 5.74) is 2.26. The van der Waals surface area contributed by atoms with Crippen molar-refractivity contribution in [3.63, 3.8) is 0 Å². The van der Waals surface area contributed by atoms with Crippen molar-refractivity contribution >= 4 is 46.8 Å². The first-order valence-electron chi connectivity index (χ1n) is 8.26. The number of hydrogen-bond acceptors (Lipinski definition) is 4. The molecule has 2 aromatic carbocycles. The van der Waals surface area contributed by atoms with Gasteiger partial charge in [0.05, 0.1) is 12.3 Å². The molecular weight excluding hydrogens is 364 g/mol. The van der Waals surface area contributed by atoms with Crippen molar-refractivity contribution < 1.29 is 9.53 Å². The highest BCUT2D eigenvalue weighted by Gasteiger charge is 2.36. The fourth-order valence-corrected chi connectivity index (χ4v) is 3.40. The van der Waals surface area contributed by atoms with Crippen LogP contribution < -0.4 is 9.64 Å². The standard InChI is InChI=1S/C20H20N2O2S2/c1-4-24-16-9-7-15(8-10-16)22-19(23)18(21(2)20(22)25)13-14-5-11-17(26-3)12-6-14/h5-13H,4H2,1-3H3. The Kier molecular flexibility index (Phi) is 5.64. The van der Waals surface area contributed by atoms with Crippen molar-refractivity contribution in [1.82, 2.24) is 4.90 Å². The molecule has 1 aliphatic heterocycles. The predicted molar refractivity (Wildman–Crippen MR) is 112 cm³/mol. The van der Waals surface area contributed by atoms with E-state index < -0.39 is 0 Å². The zero-order valence-corrected chi connectivity index (χ0v) is 16.6. The highest BCUT2D eigenvalue weighted by atomic mass is 32.2. The Hall–Kier alpha value is -2.31. The van der Waals surface area contributed by atoms with Crippen molar-refractivity contribution in [2.24, 2.45) is 0 Å². The number of benzene rings is 2. The van der Waals surface area contributed by atoms with E-state index in [4.69, 9.17) is 17.0 Å². The summed E-state index contributed by atoms with van der Waals surface area (Å²) in [5.74, 6) is 0.641. The van der Waals surface area contributed by atoms with Crippen LogP contribution in [0.2, 0.25) is 0 Å². The number of thioether (sulfide) groups is 1. The van der Waals surface area contributed by atoms with Crippen LogP contribution in [0.4, 0.5) is 5.69 Å². The maximum Gasteiger partial charge on any atom is 0.281 e. The van der Waals surface area contributed by atoms with Crippen LogP contribution in [0.3, 0.4) is 0 Å². The number of amides is 1. The Morgan fingerprint density at radius 3 is 2.35 bits per heavy atom. The van der Waals surface area contributed by atoms with Crippen LogP contribution in [0.25, 0.3) is 6.08 Å². The van der Waals surface area contributed by atoms with Crippen molar-refractivity contribution in [2.45, 2.75) is 11.8 Å². The lowest BCUT2D eigenvalue weighted by atomic mass is 10.2. The molecule has 0 aromatic heterocycles. The van der Waals surface area contributed by atoms with Crippen LogP contribution >= 0.6 is 24.0 Å². The molecule has 0 radical (unpaired) electrons. The van der Waals surface area contributed by atoms with Crippen LogP contribution in [0, 0.1) is 0 Å². The summed E-state index contributed by atoms with van der Waals surface area (Å²) in [6, 6.07) is 15.5. The molecule has 0 aliphatic carbocycles. The number of likely N-dealkylation sites (N-methyl/N-ethyl adjacent to an activating group) is 1. The van der Waals surface area contributed by atoms with E-state index in [2.05, 4.69) is 0 Å². The molecule has 1 saturated heterocycles. The maximum atomic E-state index is 13.0. The summed E-state index contributed by atoms with van der Waals surface area (Å²) in [4.78, 5) is 17.4. The molecule has 0 atom stereocenters. The molecule has 1 amide bonds. The van der Waals surface area contributed by atoms with Crippen LogP contribution in [0.5, 0.6) is 5.75 Å². The van der Waals surface area contributed by atoms with Crippen LogP contribution in [0.15, 0.2) is 59.1 Å². The second kappa shape index (κ2) is 7.93. The minimum atomic E-state index is -0.129. The Bertz CT molecular complexity index is 845. The first-order valence-corrected chi connectivity index (χ1v) is 9.89. The average molecular weight is 385 g/mol. The lowest BCUT2D eigenvalue weighted by Crippen LogP contribution is -2.31. The number of carbonyl (C=O) groups excluding carboxylic acids is 1. The quantitative estimate of drug-likeness (QED) is 0.433. The average Bonchev–Trinajstić information content (AvgIpc) is 2.87. The number of thiocarbonyl (C=S) groups is 1. The fraction of sp³-hybridized carbons (Fsp3) is 0.200. The monoisotopic (exact) mass is 384 g/mol. The van der Waals surface area contributed by atoms with Gasteiger partial charge in [-0.15, -0.1) is 11.8 Å². The Morgan fingerprint density at radius 1 is 1.12 bits per heavy atom. The molecular formula is C20H20N2O2S2. The number of ether oxygens (including phenoxy) is 1. The van der Waals surface area contributed by atoms with E-state index in [0.29, 0.717) is 17.4 Å². The van der Waals surface area contributed by atoms with Gasteiger partial charge in [-0.1, -0.05) is 12.1 Å². The molecule has 0 saturated carbocycles. The number of rotatable bonds is 5. The van der Waals surface area contributed by atoms with Gasteiger partial charge in [-0.25, -0.2) is 0 Å². The number of anilines is 1. The maximum absolute atomic E-state index is 13.0. The van der Waals surface area contributed by atoms with Crippen molar-refractivity contribution in [3.05, 3.63) is 59.8 Å². The number of hydrogen-bond donors (Lipinski definition) is 0. The molecule has 0 N–H and O–H groups in total. The summed E-state index contributed by atoms with van der Waals surface area (Å²) in [5, 5.41) is 0.464. The molecule has 3 rings (SSSR count). The Balaban J connectivity index is 1.89. The molecule has 1 heterocycles. The van der Waals surface area contributed by atoms with Crippen LogP contribution in [0.1, 0.15) is 12.5 Å². The van der Waals surface area contributed by atoms with Gasteiger partial charge in [-0.05, 0) is 73.4 Å². The largest absolute Gasteiger partial charge is 0.494 e. The summed E-state index contributed by atoms with van der Waals surface area (Å²) in [6.07, 6.45) is 3.90. The van der Waals surface area contributed by atoms with Gasteiger partial charge in [0.1, 0.15) is 11.4 Å². The van der Waals surface area contributed by atoms with Crippen molar-refractivity contribution in [2.75, 3.05) is 24.8 Å². The van der Waals surface area contributed by atoms with E-state index in [1.54, 1.807) is 21.6 Å². The van der Waals surface area contributed by atoms with Crippen LogP contribution in [-0.4, -0.2) is 35.8 Å². The van der Waals surface area contributed by atoms with Gasteiger partial charge in [0.2, 0.25) is 0 Å². The summed E-state index contributed by atoms with van der Waals surface area (Å²) in [6.45, 7) is 2.54. The van der Waals surface area contributed by atoms with Gasteiger partial charge >= 0.3 is 0 Å². The van der Waals surface area contributed by atoms with E-state index in [9.17, 15) is 4.79 Å². The number of carbonyl (C=O) groups is 1. The summed E-state index contributed by atoms with van der Waals surface area (Å²) >= 11 is 7.18. The SMILES string of the molecule is CCOc1ccc(N2C(=O)C(=Cc3ccc(SC)cc3)N(C)C2=S)cc1. The zero-order valence-electron chi connectivity index (χ0n) is 14.9. The zero-order chi connectivity index (χ0) is 18.7. The minimum Gasteiger partial charge on any atom is -0.494 e. The minimum absolute atomic E-state index is 0.129. The van der Waals surface area contributed by atoms with E-state index in [0.717, 1.165) is 17.0 Å². The van der Waals surface area contributed by atoms with Gasteiger partial charge in [0.15, 0.2) is 5.11 Å². The third-order valence-corrected chi connectivity index (χ3v) is 5.29. The fourth-order valence-electron chi connectivity index (χ4n) is 2.70. The number of nitrogens with zero attached hydrogens (tertiary/aromatic N) is 2. The molecule has 26 heavy (non-hydrogen) atoms. The first kappa shape index (κ1) is 18.5. The van der Waals surface area contributed by atoms with E-state index in [1.807, 2.05) is 74.8 Å². The third-order valence-electron chi connectivity index (χ3n) is 4.09. The van der Waals surface area contributed by atoms with Crippen molar-refractivity contribution in [3.8, 4) is 5.75 Å². The lowest BCUT2D eigenvalue weighted by molar-refractivity contribution is -0.114. The van der Waals surface area contributed by atoms with Gasteiger partial charge < -0.3 is 9.64 Å². The molecule has 1 fully saturated rings. The second-order valence-electron chi connectivity index (χ2n) is 5.71. The molecule has 0 unspecified atom stereocenters. The van der Waals surface area contributed by atoms with Gasteiger partial charge in [-0.2, -0.15) is 0 Å². The molecule has 1 aliphatic rings. The van der Waals surface area contributed by atoms with Gasteiger partial charge in [0, 0.05) is 11.9 Å². The summed E-state index contributed by atoms with van der Waals surface area (Å²) < 4.78 is 5.46. The van der Waals surface area contributed by atoms with Crippen LogP contribution in [-0.2, 0) is 4.79 Å². The molecule has 134 valence electrons. The molecule has 0 spiro atoms. The Labute approximate surface area is 163 Å². The van der Waals surface area contributed by atoms with E-state index in [1.165, 1.54) is 4.90 Å². The van der Waals surface area contributed by atoms with Crippen molar-refractivity contribution in [1.29, 1.82) is 0 Å². The predicted octanol–water partition coefficient (Wildman–Crippen LogP) is 4.41. The molecule has 6 heteroatoms. The highest BCUT2D eigenvalue weighted by molar-refractivity contribution is 7.98. The lowest BCUT2D eigenvalue weighted by Gasteiger charge is -2.16. The molecule has 2 aromatic rings.